The summed E-state index contributed by atoms with van der Waals surface area (Å²) >= 11 is 0. The first kappa shape index (κ1) is 12.2. The fourth-order valence-corrected chi connectivity index (χ4v) is 1.41. The second kappa shape index (κ2) is 7.40. The van der Waals surface area contributed by atoms with Crippen molar-refractivity contribution in [2.75, 3.05) is 20.3 Å². The normalized spacial score (nSPS) is 10.5. The van der Waals surface area contributed by atoms with Gasteiger partial charge in [0.1, 0.15) is 0 Å². The molecule has 0 aliphatic heterocycles. The zero-order valence-corrected chi connectivity index (χ0v) is 9.20. The van der Waals surface area contributed by atoms with Crippen LogP contribution in [0, 0.1) is 0 Å². The van der Waals surface area contributed by atoms with Crippen LogP contribution in [0.25, 0.3) is 0 Å². The summed E-state index contributed by atoms with van der Waals surface area (Å²) in [4.78, 5) is 0. The van der Waals surface area contributed by atoms with Crippen LogP contribution >= 0.6 is 0 Å². The van der Waals surface area contributed by atoms with Gasteiger partial charge in [-0.15, -0.1) is 0 Å². The van der Waals surface area contributed by atoms with Crippen LogP contribution in [-0.4, -0.2) is 25.4 Å². The largest absolute Gasteiger partial charge is 0.392 e. The molecular weight excluding hydrogens is 190 g/mol. The Hall–Kier alpha value is -0.900. The lowest BCUT2D eigenvalue weighted by Gasteiger charge is -2.05. The number of aliphatic hydroxyl groups excluding tert-OH is 1. The average molecular weight is 209 g/mol. The van der Waals surface area contributed by atoms with Crippen LogP contribution in [0.1, 0.15) is 17.5 Å². The van der Waals surface area contributed by atoms with Gasteiger partial charge in [0.05, 0.1) is 6.61 Å². The van der Waals surface area contributed by atoms with Gasteiger partial charge in [0, 0.05) is 20.3 Å². The highest BCUT2D eigenvalue weighted by Crippen LogP contribution is 2.04. The van der Waals surface area contributed by atoms with Crippen molar-refractivity contribution in [3.05, 3.63) is 35.4 Å². The zero-order valence-electron chi connectivity index (χ0n) is 9.20. The van der Waals surface area contributed by atoms with Gasteiger partial charge in [-0.25, -0.2) is 0 Å². The summed E-state index contributed by atoms with van der Waals surface area (Å²) in [6.07, 6.45) is 1.02. The lowest BCUT2D eigenvalue weighted by atomic mass is 10.1. The summed E-state index contributed by atoms with van der Waals surface area (Å²) < 4.78 is 4.96. The van der Waals surface area contributed by atoms with E-state index in [1.807, 2.05) is 18.2 Å². The molecule has 0 aliphatic carbocycles. The first-order valence-corrected chi connectivity index (χ1v) is 5.25. The molecule has 0 spiro atoms. The van der Waals surface area contributed by atoms with Crippen LogP contribution in [0.4, 0.5) is 0 Å². The van der Waals surface area contributed by atoms with Crippen molar-refractivity contribution in [2.45, 2.75) is 19.6 Å². The number of methoxy groups -OCH3 is 1. The summed E-state index contributed by atoms with van der Waals surface area (Å²) in [5, 5.41) is 12.3. The first-order valence-electron chi connectivity index (χ1n) is 5.25. The molecule has 0 aliphatic rings. The van der Waals surface area contributed by atoms with Gasteiger partial charge in [0.2, 0.25) is 0 Å². The van der Waals surface area contributed by atoms with Crippen molar-refractivity contribution >= 4 is 0 Å². The number of benzene rings is 1. The molecule has 0 aromatic heterocycles. The van der Waals surface area contributed by atoms with Gasteiger partial charge < -0.3 is 15.2 Å². The Balaban J connectivity index is 2.24. The van der Waals surface area contributed by atoms with Crippen molar-refractivity contribution in [1.29, 1.82) is 0 Å². The van der Waals surface area contributed by atoms with E-state index < -0.39 is 0 Å². The smallest absolute Gasteiger partial charge is 0.0681 e. The summed E-state index contributed by atoms with van der Waals surface area (Å²) in [6, 6.07) is 7.97. The molecule has 0 amide bonds. The minimum Gasteiger partial charge on any atom is -0.392 e. The molecule has 0 heterocycles. The van der Waals surface area contributed by atoms with Gasteiger partial charge in [-0.2, -0.15) is 0 Å². The molecule has 2 N–H and O–H groups in total. The monoisotopic (exact) mass is 209 g/mol. The third-order valence-corrected chi connectivity index (χ3v) is 2.21. The molecule has 0 saturated carbocycles. The van der Waals surface area contributed by atoms with E-state index in [-0.39, 0.29) is 6.61 Å². The molecule has 3 nitrogen and oxygen atoms in total. The molecule has 0 fully saturated rings. The Kier molecular flexibility index (Phi) is 6.00. The van der Waals surface area contributed by atoms with Crippen LogP contribution < -0.4 is 5.32 Å². The van der Waals surface area contributed by atoms with Crippen LogP contribution in [0.3, 0.4) is 0 Å². The van der Waals surface area contributed by atoms with Crippen molar-refractivity contribution in [1.82, 2.24) is 5.32 Å². The van der Waals surface area contributed by atoms with Crippen molar-refractivity contribution in [3.8, 4) is 0 Å². The summed E-state index contributed by atoms with van der Waals surface area (Å²) in [5.41, 5.74) is 2.17. The number of hydrogen-bond donors (Lipinski definition) is 2. The molecule has 0 atom stereocenters. The van der Waals surface area contributed by atoms with E-state index in [1.165, 1.54) is 5.56 Å². The van der Waals surface area contributed by atoms with Crippen LogP contribution in [0.2, 0.25) is 0 Å². The van der Waals surface area contributed by atoms with E-state index in [9.17, 15) is 0 Å². The van der Waals surface area contributed by atoms with Crippen molar-refractivity contribution < 1.29 is 9.84 Å². The zero-order chi connectivity index (χ0) is 10.9. The third-order valence-electron chi connectivity index (χ3n) is 2.21. The highest BCUT2D eigenvalue weighted by Gasteiger charge is 1.94. The second-order valence-corrected chi connectivity index (χ2v) is 3.50. The van der Waals surface area contributed by atoms with Gasteiger partial charge in [-0.3, -0.25) is 0 Å². The van der Waals surface area contributed by atoms with E-state index in [0.717, 1.165) is 31.7 Å². The lowest BCUT2D eigenvalue weighted by molar-refractivity contribution is 0.194. The minimum atomic E-state index is 0.109. The molecule has 1 aromatic rings. The van der Waals surface area contributed by atoms with Gasteiger partial charge in [0.15, 0.2) is 0 Å². The summed E-state index contributed by atoms with van der Waals surface area (Å²) in [6.45, 7) is 2.70. The summed E-state index contributed by atoms with van der Waals surface area (Å²) in [7, 11) is 1.71. The van der Waals surface area contributed by atoms with Crippen LogP contribution in [0.5, 0.6) is 0 Å². The highest BCUT2D eigenvalue weighted by molar-refractivity contribution is 5.22. The van der Waals surface area contributed by atoms with Crippen LogP contribution in [0.15, 0.2) is 24.3 Å². The molecule has 0 saturated heterocycles. The number of hydrogen-bond acceptors (Lipinski definition) is 3. The second-order valence-electron chi connectivity index (χ2n) is 3.50. The molecule has 15 heavy (non-hydrogen) atoms. The predicted molar refractivity (Wildman–Crippen MR) is 60.6 cm³/mol. The topological polar surface area (TPSA) is 41.5 Å². The Morgan fingerprint density at radius 3 is 2.87 bits per heavy atom. The molecular formula is C12H19NO2. The number of rotatable bonds is 7. The SMILES string of the molecule is COCCCNCc1cccc(CO)c1. The molecule has 0 radical (unpaired) electrons. The number of aliphatic hydroxyl groups is 1. The molecule has 1 aromatic carbocycles. The van der Waals surface area contributed by atoms with Crippen molar-refractivity contribution in [2.24, 2.45) is 0 Å². The fraction of sp³-hybridized carbons (Fsp3) is 0.500. The molecule has 0 bridgehead atoms. The van der Waals surface area contributed by atoms with E-state index in [1.54, 1.807) is 7.11 Å². The molecule has 84 valence electrons. The van der Waals surface area contributed by atoms with E-state index in [2.05, 4.69) is 11.4 Å². The molecule has 1 rings (SSSR count). The third kappa shape index (κ3) is 4.93. The van der Waals surface area contributed by atoms with E-state index in [0.29, 0.717) is 0 Å². The number of ether oxygens (including phenoxy) is 1. The maximum absolute atomic E-state index is 8.97. The first-order chi connectivity index (χ1) is 7.36. The molecule has 0 unspecified atom stereocenters. The van der Waals surface area contributed by atoms with Gasteiger partial charge in [-0.05, 0) is 24.1 Å². The van der Waals surface area contributed by atoms with E-state index >= 15 is 0 Å². The van der Waals surface area contributed by atoms with Gasteiger partial charge in [-0.1, -0.05) is 24.3 Å². The predicted octanol–water partition coefficient (Wildman–Crippen LogP) is 1.30. The highest BCUT2D eigenvalue weighted by atomic mass is 16.5. The van der Waals surface area contributed by atoms with Gasteiger partial charge >= 0.3 is 0 Å². The maximum Gasteiger partial charge on any atom is 0.0681 e. The van der Waals surface area contributed by atoms with Gasteiger partial charge in [0.25, 0.3) is 0 Å². The number of nitrogens with one attached hydrogen (secondary N) is 1. The Bertz CT molecular complexity index is 276. The molecule has 3 heteroatoms. The van der Waals surface area contributed by atoms with Crippen molar-refractivity contribution in [3.63, 3.8) is 0 Å². The Morgan fingerprint density at radius 1 is 1.33 bits per heavy atom. The van der Waals surface area contributed by atoms with Crippen LogP contribution in [-0.2, 0) is 17.9 Å². The van der Waals surface area contributed by atoms with E-state index in [4.69, 9.17) is 9.84 Å². The quantitative estimate of drug-likeness (QED) is 0.665. The standard InChI is InChI=1S/C12H19NO2/c1-15-7-3-6-13-9-11-4-2-5-12(8-11)10-14/h2,4-5,8,13-14H,3,6-7,9-10H2,1H3. The fourth-order valence-electron chi connectivity index (χ4n) is 1.41. The Morgan fingerprint density at radius 2 is 2.13 bits per heavy atom. The maximum atomic E-state index is 8.97. The average Bonchev–Trinajstić information content (AvgIpc) is 2.29. The lowest BCUT2D eigenvalue weighted by Crippen LogP contribution is -2.16. The minimum absolute atomic E-state index is 0.109. The summed E-state index contributed by atoms with van der Waals surface area (Å²) in [5.74, 6) is 0. The Labute approximate surface area is 91.1 Å².